The summed E-state index contributed by atoms with van der Waals surface area (Å²) in [6.45, 7) is 3.24. The van der Waals surface area contributed by atoms with Crippen LogP contribution >= 0.6 is 0 Å². The number of nitrogens with zero attached hydrogens (tertiary/aromatic N) is 1. The first-order valence-corrected chi connectivity index (χ1v) is 7.29. The summed E-state index contributed by atoms with van der Waals surface area (Å²) in [6, 6.07) is 10.9. The van der Waals surface area contributed by atoms with Crippen LogP contribution in [-0.2, 0) is 16.1 Å². The van der Waals surface area contributed by atoms with E-state index in [1.807, 2.05) is 25.1 Å². The van der Waals surface area contributed by atoms with Gasteiger partial charge in [0.25, 0.3) is 5.69 Å². The molecule has 0 saturated carbocycles. The molecule has 0 bridgehead atoms. The van der Waals surface area contributed by atoms with E-state index in [0.717, 1.165) is 27.8 Å². The van der Waals surface area contributed by atoms with Crippen LogP contribution in [-0.4, -0.2) is 10.9 Å². The van der Waals surface area contributed by atoms with Crippen molar-refractivity contribution in [3.63, 3.8) is 0 Å². The quantitative estimate of drug-likeness (QED) is 0.590. The second-order valence-electron chi connectivity index (χ2n) is 5.63. The van der Waals surface area contributed by atoms with Crippen molar-refractivity contribution >= 4 is 11.7 Å². The second kappa shape index (κ2) is 5.81. The smallest absolute Gasteiger partial charge is 0.321 e. The number of carbonyl (C=O) groups excluding carboxylic acids is 1. The van der Waals surface area contributed by atoms with Crippen LogP contribution in [0.25, 0.3) is 11.1 Å². The zero-order valence-electron chi connectivity index (χ0n) is 12.8. The number of nitro groups is 1. The van der Waals surface area contributed by atoms with E-state index < -0.39 is 5.97 Å². The number of rotatable bonds is 4. The minimum Gasteiger partial charge on any atom is -0.370 e. The molecular weight excluding hydrogens is 296 g/mol. The SMILES string of the molecule is CC(=O)ONC(C)c1ccc2c(c1)Cc1cc([N+](=O)[O-])ccc1-2. The van der Waals surface area contributed by atoms with Gasteiger partial charge in [-0.25, -0.2) is 0 Å². The van der Waals surface area contributed by atoms with Gasteiger partial charge in [0, 0.05) is 19.1 Å². The Kier molecular flexibility index (Phi) is 3.83. The van der Waals surface area contributed by atoms with E-state index in [-0.39, 0.29) is 16.7 Å². The minimum absolute atomic E-state index is 0.113. The molecule has 0 spiro atoms. The fourth-order valence-electron chi connectivity index (χ4n) is 2.84. The first kappa shape index (κ1) is 15.2. The Bertz CT molecular complexity index is 801. The van der Waals surface area contributed by atoms with Gasteiger partial charge in [-0.3, -0.25) is 14.9 Å². The molecule has 0 heterocycles. The maximum atomic E-state index is 10.9. The molecule has 1 aliphatic rings. The molecule has 6 heteroatoms. The maximum absolute atomic E-state index is 10.9. The summed E-state index contributed by atoms with van der Waals surface area (Å²) in [5.41, 5.74) is 8.02. The summed E-state index contributed by atoms with van der Waals surface area (Å²) < 4.78 is 0. The van der Waals surface area contributed by atoms with Gasteiger partial charge in [0.1, 0.15) is 0 Å². The summed E-state index contributed by atoms with van der Waals surface area (Å²) >= 11 is 0. The molecule has 0 aromatic heterocycles. The molecule has 0 radical (unpaired) electrons. The Balaban J connectivity index is 1.87. The summed E-state index contributed by atoms with van der Waals surface area (Å²) in [4.78, 5) is 26.2. The van der Waals surface area contributed by atoms with Gasteiger partial charge in [-0.2, -0.15) is 0 Å². The molecule has 6 nitrogen and oxygen atoms in total. The Labute approximate surface area is 133 Å². The molecule has 1 N–H and O–H groups in total. The number of nitro benzene ring substituents is 1. The van der Waals surface area contributed by atoms with Crippen molar-refractivity contribution in [3.8, 4) is 11.1 Å². The van der Waals surface area contributed by atoms with Crippen molar-refractivity contribution in [2.24, 2.45) is 0 Å². The largest absolute Gasteiger partial charge is 0.370 e. The van der Waals surface area contributed by atoms with Crippen molar-refractivity contribution in [1.82, 2.24) is 5.48 Å². The number of hydrogen-bond acceptors (Lipinski definition) is 5. The highest BCUT2D eigenvalue weighted by Crippen LogP contribution is 2.39. The van der Waals surface area contributed by atoms with E-state index in [1.165, 1.54) is 13.0 Å². The monoisotopic (exact) mass is 312 g/mol. The third kappa shape index (κ3) is 2.93. The maximum Gasteiger partial charge on any atom is 0.321 e. The molecule has 0 amide bonds. The lowest BCUT2D eigenvalue weighted by Gasteiger charge is -2.14. The van der Waals surface area contributed by atoms with E-state index >= 15 is 0 Å². The molecule has 1 aliphatic carbocycles. The van der Waals surface area contributed by atoms with Gasteiger partial charge in [-0.1, -0.05) is 18.2 Å². The first-order chi connectivity index (χ1) is 11.0. The van der Waals surface area contributed by atoms with Crippen LogP contribution in [0.4, 0.5) is 5.69 Å². The van der Waals surface area contributed by atoms with Crippen molar-refractivity contribution in [1.29, 1.82) is 0 Å². The van der Waals surface area contributed by atoms with Crippen LogP contribution in [0.15, 0.2) is 36.4 Å². The highest BCUT2D eigenvalue weighted by molar-refractivity contribution is 5.78. The average molecular weight is 312 g/mol. The Morgan fingerprint density at radius 1 is 1.22 bits per heavy atom. The number of hydroxylamine groups is 1. The number of nitrogens with one attached hydrogen (secondary N) is 1. The minimum atomic E-state index is -0.391. The zero-order chi connectivity index (χ0) is 16.6. The van der Waals surface area contributed by atoms with Crippen molar-refractivity contribution in [2.75, 3.05) is 0 Å². The van der Waals surface area contributed by atoms with Crippen LogP contribution in [0, 0.1) is 10.1 Å². The summed E-state index contributed by atoms with van der Waals surface area (Å²) in [5, 5.41) is 10.9. The van der Waals surface area contributed by atoms with E-state index in [2.05, 4.69) is 5.48 Å². The van der Waals surface area contributed by atoms with Crippen LogP contribution in [0.1, 0.15) is 36.6 Å². The van der Waals surface area contributed by atoms with Gasteiger partial charge in [-0.05, 0) is 47.2 Å². The van der Waals surface area contributed by atoms with Gasteiger partial charge >= 0.3 is 5.97 Å². The Morgan fingerprint density at radius 3 is 2.52 bits per heavy atom. The molecule has 1 atom stereocenters. The third-order valence-corrected chi connectivity index (χ3v) is 3.98. The van der Waals surface area contributed by atoms with Gasteiger partial charge in [0.05, 0.1) is 11.0 Å². The third-order valence-electron chi connectivity index (χ3n) is 3.98. The normalized spacial score (nSPS) is 13.1. The molecule has 2 aromatic carbocycles. The lowest BCUT2D eigenvalue weighted by atomic mass is 10.0. The van der Waals surface area contributed by atoms with Gasteiger partial charge < -0.3 is 4.84 Å². The topological polar surface area (TPSA) is 81.5 Å². The molecule has 23 heavy (non-hydrogen) atoms. The molecule has 0 saturated heterocycles. The van der Waals surface area contributed by atoms with E-state index in [4.69, 9.17) is 4.84 Å². The second-order valence-corrected chi connectivity index (χ2v) is 5.63. The number of fused-ring (bicyclic) bond motifs is 3. The number of benzene rings is 2. The lowest BCUT2D eigenvalue weighted by Crippen LogP contribution is -2.21. The molecule has 1 unspecified atom stereocenters. The van der Waals surface area contributed by atoms with Crippen molar-refractivity contribution in [2.45, 2.75) is 26.3 Å². The highest BCUT2D eigenvalue weighted by atomic mass is 16.7. The Morgan fingerprint density at radius 2 is 1.87 bits per heavy atom. The standard InChI is InChI=1S/C17H16N2O4/c1-10(18-23-11(2)20)12-3-5-16-13(7-12)8-14-9-15(19(21)22)4-6-17(14)16/h3-7,9-10,18H,8H2,1-2H3. The Hall–Kier alpha value is -2.73. The molecule has 3 rings (SSSR count). The van der Waals surface area contributed by atoms with Crippen LogP contribution in [0.2, 0.25) is 0 Å². The molecule has 2 aromatic rings. The number of non-ortho nitro benzene ring substituents is 1. The van der Waals surface area contributed by atoms with Crippen molar-refractivity contribution in [3.05, 3.63) is 63.2 Å². The summed E-state index contributed by atoms with van der Waals surface area (Å²) in [6.07, 6.45) is 0.667. The number of carbonyl (C=O) groups is 1. The molecule has 0 aliphatic heterocycles. The zero-order valence-corrected chi connectivity index (χ0v) is 12.8. The highest BCUT2D eigenvalue weighted by Gasteiger charge is 2.22. The van der Waals surface area contributed by atoms with Crippen molar-refractivity contribution < 1.29 is 14.6 Å². The predicted octanol–water partition coefficient (Wildman–Crippen LogP) is 3.29. The van der Waals surface area contributed by atoms with E-state index in [1.54, 1.807) is 12.1 Å². The van der Waals surface area contributed by atoms with Gasteiger partial charge in [0.15, 0.2) is 0 Å². The van der Waals surface area contributed by atoms with Gasteiger partial charge in [0.2, 0.25) is 0 Å². The lowest BCUT2D eigenvalue weighted by molar-refractivity contribution is -0.384. The molecule has 118 valence electrons. The number of hydrogen-bond donors (Lipinski definition) is 1. The van der Waals surface area contributed by atoms with Crippen LogP contribution < -0.4 is 5.48 Å². The average Bonchev–Trinajstić information content (AvgIpc) is 2.88. The molecular formula is C17H16N2O4. The first-order valence-electron chi connectivity index (χ1n) is 7.29. The summed E-state index contributed by atoms with van der Waals surface area (Å²) in [7, 11) is 0. The van der Waals surface area contributed by atoms with E-state index in [0.29, 0.717) is 6.42 Å². The van der Waals surface area contributed by atoms with Crippen LogP contribution in [0.3, 0.4) is 0 Å². The summed E-state index contributed by atoms with van der Waals surface area (Å²) in [5.74, 6) is -0.391. The van der Waals surface area contributed by atoms with Gasteiger partial charge in [-0.15, -0.1) is 5.48 Å². The fourth-order valence-corrected chi connectivity index (χ4v) is 2.84. The fraction of sp³-hybridized carbons (Fsp3) is 0.235. The molecule has 0 fully saturated rings. The van der Waals surface area contributed by atoms with Crippen LogP contribution in [0.5, 0.6) is 0 Å². The predicted molar refractivity (Wildman–Crippen MR) is 84.7 cm³/mol. The van der Waals surface area contributed by atoms with E-state index in [9.17, 15) is 14.9 Å².